The molecule has 1 saturated heterocycles. The highest BCUT2D eigenvalue weighted by atomic mass is 35.5. The molecule has 1 amide bonds. The molecular formula is C19H26ClN3OS. The zero-order valence-electron chi connectivity index (χ0n) is 14.7. The molecule has 1 aliphatic heterocycles. The first-order valence-corrected chi connectivity index (χ1v) is 9.35. The molecule has 0 bridgehead atoms. The summed E-state index contributed by atoms with van der Waals surface area (Å²) in [4.78, 5) is 16.0. The Bertz CT molecular complexity index is 660. The Morgan fingerprint density at radius 3 is 2.76 bits per heavy atom. The molecule has 2 N–H and O–H groups in total. The zero-order chi connectivity index (χ0) is 16.9. The van der Waals surface area contributed by atoms with E-state index in [2.05, 4.69) is 65.1 Å². The van der Waals surface area contributed by atoms with Crippen molar-refractivity contribution in [2.24, 2.45) is 0 Å². The Morgan fingerprint density at radius 1 is 1.36 bits per heavy atom. The van der Waals surface area contributed by atoms with Crippen LogP contribution in [-0.4, -0.2) is 43.0 Å². The second-order valence-electron chi connectivity index (χ2n) is 6.45. The van der Waals surface area contributed by atoms with Gasteiger partial charge in [0.05, 0.1) is 12.6 Å². The standard InChI is InChI=1S/C19H25N3OS.ClH/c1-14-5-7-16(8-6-14)19(17-4-3-11-24-17)21-18(23)13-22-10-9-20-12-15(22)2;/h3-8,11,15,19-20H,9-10,12-13H2,1-2H3,(H,21,23);1H/t15-,19?;/m0./s1. The minimum atomic E-state index is -0.0729. The summed E-state index contributed by atoms with van der Waals surface area (Å²) in [6.45, 7) is 7.51. The molecule has 1 aromatic heterocycles. The number of halogens is 1. The van der Waals surface area contributed by atoms with Crippen LogP contribution in [0.2, 0.25) is 0 Å². The van der Waals surface area contributed by atoms with Crippen LogP contribution in [-0.2, 0) is 4.79 Å². The summed E-state index contributed by atoms with van der Waals surface area (Å²) in [6, 6.07) is 12.8. The van der Waals surface area contributed by atoms with Crippen LogP contribution in [0.3, 0.4) is 0 Å². The number of piperazine rings is 1. The summed E-state index contributed by atoms with van der Waals surface area (Å²) in [7, 11) is 0. The molecule has 2 atom stereocenters. The van der Waals surface area contributed by atoms with E-state index < -0.39 is 0 Å². The van der Waals surface area contributed by atoms with E-state index in [1.165, 1.54) is 10.4 Å². The van der Waals surface area contributed by atoms with Gasteiger partial charge in [-0.05, 0) is 30.9 Å². The molecule has 1 unspecified atom stereocenters. The minimum Gasteiger partial charge on any atom is -0.343 e. The number of thiophene rings is 1. The van der Waals surface area contributed by atoms with Gasteiger partial charge in [-0.3, -0.25) is 9.69 Å². The Morgan fingerprint density at radius 2 is 2.12 bits per heavy atom. The average molecular weight is 380 g/mol. The maximum atomic E-state index is 12.6. The number of benzene rings is 1. The molecule has 3 rings (SSSR count). The summed E-state index contributed by atoms with van der Waals surface area (Å²) in [6.07, 6.45) is 0. The van der Waals surface area contributed by atoms with E-state index in [0.717, 1.165) is 25.2 Å². The van der Waals surface area contributed by atoms with Gasteiger partial charge in [0.2, 0.25) is 5.91 Å². The van der Waals surface area contributed by atoms with Crippen LogP contribution in [0.4, 0.5) is 0 Å². The number of carbonyl (C=O) groups is 1. The molecule has 25 heavy (non-hydrogen) atoms. The quantitative estimate of drug-likeness (QED) is 0.839. The molecule has 0 aliphatic carbocycles. The van der Waals surface area contributed by atoms with E-state index in [-0.39, 0.29) is 24.4 Å². The maximum absolute atomic E-state index is 12.6. The molecule has 2 aromatic rings. The summed E-state index contributed by atoms with van der Waals surface area (Å²) < 4.78 is 0. The summed E-state index contributed by atoms with van der Waals surface area (Å²) >= 11 is 1.68. The van der Waals surface area contributed by atoms with Gasteiger partial charge in [0.1, 0.15) is 0 Å². The fraction of sp³-hybridized carbons (Fsp3) is 0.421. The summed E-state index contributed by atoms with van der Waals surface area (Å²) in [5.41, 5.74) is 2.36. The van der Waals surface area contributed by atoms with Gasteiger partial charge >= 0.3 is 0 Å². The van der Waals surface area contributed by atoms with Crippen molar-refractivity contribution in [2.45, 2.75) is 25.9 Å². The molecule has 1 fully saturated rings. The number of hydrogen-bond donors (Lipinski definition) is 2. The molecule has 0 spiro atoms. The van der Waals surface area contributed by atoms with Gasteiger partial charge in [0.15, 0.2) is 0 Å². The van der Waals surface area contributed by atoms with Crippen molar-refractivity contribution < 1.29 is 4.79 Å². The highest BCUT2D eigenvalue weighted by molar-refractivity contribution is 7.10. The van der Waals surface area contributed by atoms with Crippen LogP contribution in [0.25, 0.3) is 0 Å². The smallest absolute Gasteiger partial charge is 0.234 e. The van der Waals surface area contributed by atoms with Crippen LogP contribution in [0.15, 0.2) is 41.8 Å². The number of nitrogens with zero attached hydrogens (tertiary/aromatic N) is 1. The average Bonchev–Trinajstić information content (AvgIpc) is 3.10. The Labute approximate surface area is 160 Å². The van der Waals surface area contributed by atoms with Gasteiger partial charge in [0.25, 0.3) is 0 Å². The normalized spacial score (nSPS) is 19.0. The monoisotopic (exact) mass is 379 g/mol. The Kier molecular flexibility index (Phi) is 7.44. The third kappa shape index (κ3) is 5.28. The number of hydrogen-bond acceptors (Lipinski definition) is 4. The van der Waals surface area contributed by atoms with Gasteiger partial charge in [-0.1, -0.05) is 35.9 Å². The SMILES string of the molecule is Cc1ccc(C(NC(=O)CN2CCNC[C@@H]2C)c2cccs2)cc1.Cl. The fourth-order valence-corrected chi connectivity index (χ4v) is 3.84. The Balaban J connectivity index is 0.00000225. The highest BCUT2D eigenvalue weighted by Gasteiger charge is 2.23. The second-order valence-corrected chi connectivity index (χ2v) is 7.43. The van der Waals surface area contributed by atoms with E-state index in [1.807, 2.05) is 6.07 Å². The van der Waals surface area contributed by atoms with E-state index in [9.17, 15) is 4.79 Å². The summed E-state index contributed by atoms with van der Waals surface area (Å²) in [5.74, 6) is 0.0859. The molecular weight excluding hydrogens is 354 g/mol. The van der Waals surface area contributed by atoms with Gasteiger partial charge in [-0.2, -0.15) is 0 Å². The molecule has 1 aliphatic rings. The van der Waals surface area contributed by atoms with Crippen LogP contribution in [0, 0.1) is 6.92 Å². The van der Waals surface area contributed by atoms with Crippen molar-refractivity contribution in [1.29, 1.82) is 0 Å². The van der Waals surface area contributed by atoms with Crippen molar-refractivity contribution in [3.63, 3.8) is 0 Å². The first-order chi connectivity index (χ1) is 11.6. The van der Waals surface area contributed by atoms with E-state index in [4.69, 9.17) is 0 Å². The predicted molar refractivity (Wildman–Crippen MR) is 107 cm³/mol. The van der Waals surface area contributed by atoms with Gasteiger partial charge in [0, 0.05) is 30.6 Å². The van der Waals surface area contributed by atoms with E-state index in [0.29, 0.717) is 12.6 Å². The van der Waals surface area contributed by atoms with Crippen molar-refractivity contribution in [1.82, 2.24) is 15.5 Å². The Hall–Kier alpha value is -1.40. The van der Waals surface area contributed by atoms with Crippen molar-refractivity contribution in [2.75, 3.05) is 26.2 Å². The number of rotatable bonds is 5. The van der Waals surface area contributed by atoms with E-state index in [1.54, 1.807) is 11.3 Å². The largest absolute Gasteiger partial charge is 0.343 e. The number of aryl methyl sites for hydroxylation is 1. The number of nitrogens with one attached hydrogen (secondary N) is 2. The second kappa shape index (κ2) is 9.34. The third-order valence-corrected chi connectivity index (χ3v) is 5.47. The molecule has 6 heteroatoms. The van der Waals surface area contributed by atoms with Crippen LogP contribution in [0.1, 0.15) is 29.0 Å². The topological polar surface area (TPSA) is 44.4 Å². The third-order valence-electron chi connectivity index (χ3n) is 4.53. The van der Waals surface area contributed by atoms with Crippen LogP contribution < -0.4 is 10.6 Å². The first kappa shape index (κ1) is 19.9. The van der Waals surface area contributed by atoms with Crippen molar-refractivity contribution in [3.8, 4) is 0 Å². The molecule has 0 saturated carbocycles. The predicted octanol–water partition coefficient (Wildman–Crippen LogP) is 2.98. The molecule has 1 aromatic carbocycles. The molecule has 4 nitrogen and oxygen atoms in total. The fourth-order valence-electron chi connectivity index (χ4n) is 3.04. The minimum absolute atomic E-state index is 0. The first-order valence-electron chi connectivity index (χ1n) is 8.47. The number of amides is 1. The number of carbonyl (C=O) groups excluding carboxylic acids is 1. The van der Waals surface area contributed by atoms with Gasteiger partial charge in [-0.25, -0.2) is 0 Å². The van der Waals surface area contributed by atoms with Gasteiger partial charge < -0.3 is 10.6 Å². The van der Waals surface area contributed by atoms with Crippen molar-refractivity contribution >= 4 is 29.7 Å². The lowest BCUT2D eigenvalue weighted by Crippen LogP contribution is -2.52. The lowest BCUT2D eigenvalue weighted by Gasteiger charge is -2.33. The lowest BCUT2D eigenvalue weighted by atomic mass is 10.0. The molecule has 136 valence electrons. The van der Waals surface area contributed by atoms with Crippen molar-refractivity contribution in [3.05, 3.63) is 57.8 Å². The highest BCUT2D eigenvalue weighted by Crippen LogP contribution is 2.26. The van der Waals surface area contributed by atoms with Crippen LogP contribution >= 0.6 is 23.7 Å². The maximum Gasteiger partial charge on any atom is 0.234 e. The molecule has 2 heterocycles. The molecule has 0 radical (unpaired) electrons. The van der Waals surface area contributed by atoms with Gasteiger partial charge in [-0.15, -0.1) is 23.7 Å². The lowest BCUT2D eigenvalue weighted by molar-refractivity contribution is -0.123. The summed E-state index contributed by atoms with van der Waals surface area (Å²) in [5, 5.41) is 8.65. The zero-order valence-corrected chi connectivity index (χ0v) is 16.3. The van der Waals surface area contributed by atoms with Crippen LogP contribution in [0.5, 0.6) is 0 Å². The van der Waals surface area contributed by atoms with E-state index >= 15 is 0 Å².